The van der Waals surface area contributed by atoms with Gasteiger partial charge in [-0.25, -0.2) is 0 Å². The van der Waals surface area contributed by atoms with Gasteiger partial charge in [-0.05, 0) is 19.8 Å². The van der Waals surface area contributed by atoms with Gasteiger partial charge in [0.05, 0.1) is 0 Å². The first-order chi connectivity index (χ1) is 5.16. The van der Waals surface area contributed by atoms with E-state index in [0.717, 1.165) is 12.8 Å². The number of hydrogen-bond donors (Lipinski definition) is 2. The first-order valence-corrected chi connectivity index (χ1v) is 3.60. The highest BCUT2D eigenvalue weighted by atomic mass is 16.1. The summed E-state index contributed by atoms with van der Waals surface area (Å²) >= 11 is 0. The Kier molecular flexibility index (Phi) is 5.13. The molecule has 0 aliphatic rings. The largest absolute Gasteiger partial charge is 0.328 e. The first-order valence-electron chi connectivity index (χ1n) is 3.60. The van der Waals surface area contributed by atoms with Gasteiger partial charge in [0.15, 0.2) is 6.19 Å². The minimum atomic E-state index is -0.229. The summed E-state index contributed by atoms with van der Waals surface area (Å²) in [6.45, 7) is 1.89. The zero-order valence-corrected chi connectivity index (χ0v) is 6.63. The van der Waals surface area contributed by atoms with Crippen LogP contribution in [0.3, 0.4) is 0 Å². The fraction of sp³-hybridized carbons (Fsp3) is 0.714. The van der Waals surface area contributed by atoms with Crippen LogP contribution in [0.4, 0.5) is 0 Å². The third-order valence-electron chi connectivity index (χ3n) is 1.26. The van der Waals surface area contributed by atoms with Gasteiger partial charge in [0.25, 0.3) is 0 Å². The molecule has 0 spiro atoms. The Hall–Kier alpha value is -1.08. The summed E-state index contributed by atoms with van der Waals surface area (Å²) in [5, 5.41) is 10.1. The highest BCUT2D eigenvalue weighted by molar-refractivity contribution is 5.77. The Balaban J connectivity index is 3.26. The Morgan fingerprint density at radius 1 is 1.82 bits per heavy atom. The van der Waals surface area contributed by atoms with Gasteiger partial charge in [-0.15, -0.1) is 0 Å². The van der Waals surface area contributed by atoms with E-state index in [1.807, 2.05) is 12.2 Å². The van der Waals surface area contributed by atoms with Gasteiger partial charge in [-0.3, -0.25) is 10.1 Å². The standard InChI is InChI=1S/C7H13N3O/c1-6(9)3-2-4-7(11)10-5-8/h6H,2-4,9H2,1H3,(H,10,11). The third kappa shape index (κ3) is 6.81. The average Bonchev–Trinajstić information content (AvgIpc) is 1.87. The van der Waals surface area contributed by atoms with Crippen LogP contribution in [0, 0.1) is 11.5 Å². The fourth-order valence-corrected chi connectivity index (χ4v) is 0.709. The molecule has 1 amide bonds. The van der Waals surface area contributed by atoms with E-state index >= 15 is 0 Å². The van der Waals surface area contributed by atoms with Crippen LogP contribution in [0.15, 0.2) is 0 Å². The summed E-state index contributed by atoms with van der Waals surface area (Å²) in [4.78, 5) is 10.7. The van der Waals surface area contributed by atoms with Crippen LogP contribution in [0.2, 0.25) is 0 Å². The van der Waals surface area contributed by atoms with Crippen molar-refractivity contribution in [1.29, 1.82) is 5.26 Å². The van der Waals surface area contributed by atoms with Crippen molar-refractivity contribution in [2.45, 2.75) is 32.2 Å². The molecule has 11 heavy (non-hydrogen) atoms. The number of hydrogen-bond acceptors (Lipinski definition) is 3. The molecule has 62 valence electrons. The van der Waals surface area contributed by atoms with Crippen LogP contribution in [-0.4, -0.2) is 11.9 Å². The number of carbonyl (C=O) groups excluding carboxylic acids is 1. The quantitative estimate of drug-likeness (QED) is 0.446. The molecule has 0 bridgehead atoms. The van der Waals surface area contributed by atoms with E-state index < -0.39 is 0 Å². The molecule has 0 aromatic heterocycles. The minimum absolute atomic E-state index is 0.130. The molecule has 0 aliphatic heterocycles. The number of nitriles is 1. The SMILES string of the molecule is CC(N)CCCC(=O)NC#N. The molecular weight excluding hydrogens is 142 g/mol. The molecule has 0 saturated carbocycles. The van der Waals surface area contributed by atoms with E-state index in [4.69, 9.17) is 11.0 Å². The fourth-order valence-electron chi connectivity index (χ4n) is 0.709. The summed E-state index contributed by atoms with van der Waals surface area (Å²) in [7, 11) is 0. The second-order valence-corrected chi connectivity index (χ2v) is 2.53. The van der Waals surface area contributed by atoms with Gasteiger partial charge >= 0.3 is 0 Å². The van der Waals surface area contributed by atoms with E-state index in [1.165, 1.54) is 0 Å². The predicted octanol–water partition coefficient (Wildman–Crippen LogP) is 0.101. The van der Waals surface area contributed by atoms with Crippen molar-refractivity contribution in [3.63, 3.8) is 0 Å². The number of nitrogens with two attached hydrogens (primary N) is 1. The number of rotatable bonds is 4. The zero-order chi connectivity index (χ0) is 8.69. The van der Waals surface area contributed by atoms with E-state index in [1.54, 1.807) is 6.19 Å². The summed E-state index contributed by atoms with van der Waals surface area (Å²) in [5.74, 6) is -0.229. The Bertz CT molecular complexity index is 160. The van der Waals surface area contributed by atoms with Gasteiger partial charge in [0, 0.05) is 12.5 Å². The van der Waals surface area contributed by atoms with Crippen LogP contribution in [0.5, 0.6) is 0 Å². The van der Waals surface area contributed by atoms with Gasteiger partial charge in [0.1, 0.15) is 0 Å². The smallest absolute Gasteiger partial charge is 0.232 e. The van der Waals surface area contributed by atoms with Crippen LogP contribution < -0.4 is 11.1 Å². The lowest BCUT2D eigenvalue weighted by Crippen LogP contribution is -2.19. The lowest BCUT2D eigenvalue weighted by Gasteiger charge is -2.01. The second kappa shape index (κ2) is 5.69. The normalized spacial score (nSPS) is 11.7. The van der Waals surface area contributed by atoms with Crippen molar-refractivity contribution >= 4 is 5.91 Å². The highest BCUT2D eigenvalue weighted by Gasteiger charge is 2.00. The maximum absolute atomic E-state index is 10.7. The van der Waals surface area contributed by atoms with Gasteiger partial charge < -0.3 is 5.73 Å². The molecular formula is C7H13N3O. The van der Waals surface area contributed by atoms with Crippen LogP contribution in [0.25, 0.3) is 0 Å². The Labute approximate surface area is 66.4 Å². The van der Waals surface area contributed by atoms with E-state index in [0.29, 0.717) is 6.42 Å². The van der Waals surface area contributed by atoms with Crippen molar-refractivity contribution < 1.29 is 4.79 Å². The summed E-state index contributed by atoms with van der Waals surface area (Å²) in [6, 6.07) is 0.130. The molecule has 1 atom stereocenters. The van der Waals surface area contributed by atoms with Crippen LogP contribution in [0.1, 0.15) is 26.2 Å². The maximum atomic E-state index is 10.7. The minimum Gasteiger partial charge on any atom is -0.328 e. The molecule has 0 aliphatic carbocycles. The monoisotopic (exact) mass is 155 g/mol. The molecule has 0 aromatic rings. The third-order valence-corrected chi connectivity index (χ3v) is 1.26. The van der Waals surface area contributed by atoms with E-state index in [9.17, 15) is 4.79 Å². The molecule has 0 fully saturated rings. The lowest BCUT2D eigenvalue weighted by molar-refractivity contribution is -0.120. The van der Waals surface area contributed by atoms with E-state index in [-0.39, 0.29) is 11.9 Å². The van der Waals surface area contributed by atoms with Crippen LogP contribution in [-0.2, 0) is 4.79 Å². The van der Waals surface area contributed by atoms with Gasteiger partial charge in [-0.2, -0.15) is 5.26 Å². The molecule has 0 heterocycles. The molecule has 4 nitrogen and oxygen atoms in total. The number of amides is 1. The van der Waals surface area contributed by atoms with Crippen molar-refractivity contribution in [2.24, 2.45) is 5.73 Å². The number of nitrogens with zero attached hydrogens (tertiary/aromatic N) is 1. The lowest BCUT2D eigenvalue weighted by atomic mass is 10.1. The van der Waals surface area contributed by atoms with Crippen molar-refractivity contribution in [1.82, 2.24) is 5.32 Å². The molecule has 0 aromatic carbocycles. The summed E-state index contributed by atoms with van der Waals surface area (Å²) < 4.78 is 0. The molecule has 0 saturated heterocycles. The molecule has 1 unspecified atom stereocenters. The van der Waals surface area contributed by atoms with Crippen molar-refractivity contribution in [3.05, 3.63) is 0 Å². The summed E-state index contributed by atoms with van der Waals surface area (Å²) in [6.07, 6.45) is 3.52. The second-order valence-electron chi connectivity index (χ2n) is 2.53. The van der Waals surface area contributed by atoms with Crippen molar-refractivity contribution in [2.75, 3.05) is 0 Å². The molecule has 0 rings (SSSR count). The zero-order valence-electron chi connectivity index (χ0n) is 6.63. The Morgan fingerprint density at radius 3 is 2.91 bits per heavy atom. The topological polar surface area (TPSA) is 78.9 Å². The molecule has 4 heteroatoms. The maximum Gasteiger partial charge on any atom is 0.232 e. The number of nitrogens with one attached hydrogen (secondary N) is 1. The van der Waals surface area contributed by atoms with Crippen LogP contribution >= 0.6 is 0 Å². The van der Waals surface area contributed by atoms with Crippen molar-refractivity contribution in [3.8, 4) is 6.19 Å². The summed E-state index contributed by atoms with van der Waals surface area (Å²) in [5.41, 5.74) is 5.46. The van der Waals surface area contributed by atoms with E-state index in [2.05, 4.69) is 0 Å². The Morgan fingerprint density at radius 2 is 2.45 bits per heavy atom. The number of carbonyl (C=O) groups is 1. The first kappa shape index (κ1) is 9.92. The molecule has 3 N–H and O–H groups in total. The molecule has 0 radical (unpaired) electrons. The predicted molar refractivity (Wildman–Crippen MR) is 41.3 cm³/mol. The van der Waals surface area contributed by atoms with Gasteiger partial charge in [0.2, 0.25) is 5.91 Å². The highest BCUT2D eigenvalue weighted by Crippen LogP contribution is 1.97. The average molecular weight is 155 g/mol. The van der Waals surface area contributed by atoms with Gasteiger partial charge in [-0.1, -0.05) is 0 Å².